The highest BCUT2D eigenvalue weighted by Gasteiger charge is 2.37. The fourth-order valence-electron chi connectivity index (χ4n) is 3.52. The van der Waals surface area contributed by atoms with Crippen molar-refractivity contribution in [2.24, 2.45) is 0 Å². The Kier molecular flexibility index (Phi) is 5.56. The Labute approximate surface area is 160 Å². The van der Waals surface area contributed by atoms with Crippen LogP contribution in [0.2, 0.25) is 0 Å². The van der Waals surface area contributed by atoms with Crippen molar-refractivity contribution in [1.29, 1.82) is 0 Å². The van der Waals surface area contributed by atoms with Crippen LogP contribution in [0.3, 0.4) is 0 Å². The fraction of sp³-hybridized carbons (Fsp3) is 0.524. The molecule has 1 aromatic carbocycles. The first-order valence-corrected chi connectivity index (χ1v) is 9.50. The van der Waals surface area contributed by atoms with Crippen LogP contribution in [-0.4, -0.2) is 46.4 Å². The molecular formula is C21H28N2O4. The van der Waals surface area contributed by atoms with Crippen molar-refractivity contribution in [1.82, 2.24) is 10.1 Å². The molecule has 1 aliphatic rings. The summed E-state index contributed by atoms with van der Waals surface area (Å²) in [6.45, 7) is 8.78. The van der Waals surface area contributed by atoms with E-state index in [9.17, 15) is 9.90 Å². The third-order valence-corrected chi connectivity index (χ3v) is 5.31. The molecular weight excluding hydrogens is 344 g/mol. The van der Waals surface area contributed by atoms with Crippen molar-refractivity contribution in [2.45, 2.75) is 52.6 Å². The minimum Gasteiger partial charge on any atom is -0.491 e. The van der Waals surface area contributed by atoms with E-state index in [1.165, 1.54) is 5.56 Å². The summed E-state index contributed by atoms with van der Waals surface area (Å²) in [5, 5.41) is 15.0. The van der Waals surface area contributed by atoms with Gasteiger partial charge in [0, 0.05) is 6.54 Å². The number of carbonyl (C=O) groups is 1. The lowest BCUT2D eigenvalue weighted by atomic mass is 9.93. The number of ether oxygens (including phenoxy) is 1. The molecule has 0 radical (unpaired) electrons. The molecule has 146 valence electrons. The summed E-state index contributed by atoms with van der Waals surface area (Å²) in [5.41, 5.74) is 2.47. The van der Waals surface area contributed by atoms with Crippen molar-refractivity contribution in [3.8, 4) is 5.75 Å². The molecule has 1 fully saturated rings. The Morgan fingerprint density at radius 2 is 2.11 bits per heavy atom. The van der Waals surface area contributed by atoms with Gasteiger partial charge in [0.1, 0.15) is 29.3 Å². The van der Waals surface area contributed by atoms with Gasteiger partial charge in [-0.2, -0.15) is 0 Å². The van der Waals surface area contributed by atoms with Crippen LogP contribution in [0.15, 0.2) is 22.7 Å². The maximum atomic E-state index is 13.0. The maximum absolute atomic E-state index is 13.0. The number of β-amino-alcohol motifs (C(OH)–C–C–N with tert-alkyl or cyclic N) is 1. The first-order chi connectivity index (χ1) is 12.8. The molecule has 6 nitrogen and oxygen atoms in total. The Balaban J connectivity index is 1.69. The van der Waals surface area contributed by atoms with Crippen LogP contribution in [0, 0.1) is 20.8 Å². The number of aromatic nitrogens is 1. The second-order valence-electron chi connectivity index (χ2n) is 7.50. The SMILES string of the molecule is CCc1noc(C)c1C(=O)N1CCCC(O)(COc2ccc(C)c(C)c2)C1. The zero-order chi connectivity index (χ0) is 19.6. The second kappa shape index (κ2) is 7.72. The number of likely N-dealkylation sites (tertiary alicyclic amines) is 1. The van der Waals surface area contributed by atoms with Gasteiger partial charge in [0.2, 0.25) is 0 Å². The number of nitrogens with zero attached hydrogens (tertiary/aromatic N) is 2. The van der Waals surface area contributed by atoms with Gasteiger partial charge in [-0.1, -0.05) is 18.1 Å². The number of aryl methyl sites for hydroxylation is 4. The number of piperidine rings is 1. The average molecular weight is 372 g/mol. The van der Waals surface area contributed by atoms with Gasteiger partial charge in [-0.15, -0.1) is 0 Å². The Morgan fingerprint density at radius 1 is 1.33 bits per heavy atom. The fourth-order valence-corrected chi connectivity index (χ4v) is 3.52. The van der Waals surface area contributed by atoms with Crippen LogP contribution in [0.1, 0.15) is 52.7 Å². The smallest absolute Gasteiger partial charge is 0.259 e. The number of benzene rings is 1. The Hall–Kier alpha value is -2.34. The average Bonchev–Trinajstić information content (AvgIpc) is 3.03. The van der Waals surface area contributed by atoms with E-state index in [0.717, 1.165) is 17.7 Å². The molecule has 1 atom stereocenters. The Bertz CT molecular complexity index is 830. The minimum atomic E-state index is -1.07. The van der Waals surface area contributed by atoms with Crippen LogP contribution in [0.25, 0.3) is 0 Å². The van der Waals surface area contributed by atoms with Crippen LogP contribution in [0.4, 0.5) is 0 Å². The normalized spacial score (nSPS) is 20.0. The van der Waals surface area contributed by atoms with Gasteiger partial charge in [-0.05, 0) is 63.3 Å². The van der Waals surface area contributed by atoms with Crippen molar-refractivity contribution < 1.29 is 19.2 Å². The monoisotopic (exact) mass is 372 g/mol. The zero-order valence-electron chi connectivity index (χ0n) is 16.5. The molecule has 1 amide bonds. The van der Waals surface area contributed by atoms with Gasteiger partial charge < -0.3 is 19.3 Å². The van der Waals surface area contributed by atoms with E-state index >= 15 is 0 Å². The number of aliphatic hydroxyl groups is 1. The predicted octanol–water partition coefficient (Wildman–Crippen LogP) is 3.21. The largest absolute Gasteiger partial charge is 0.491 e. The van der Waals surface area contributed by atoms with E-state index in [1.54, 1.807) is 11.8 Å². The first kappa shape index (κ1) is 19.4. The van der Waals surface area contributed by atoms with Gasteiger partial charge in [-0.3, -0.25) is 4.79 Å². The number of carbonyl (C=O) groups excluding carboxylic acids is 1. The topological polar surface area (TPSA) is 75.8 Å². The minimum absolute atomic E-state index is 0.130. The van der Waals surface area contributed by atoms with E-state index in [1.807, 2.05) is 32.0 Å². The Morgan fingerprint density at radius 3 is 2.81 bits per heavy atom. The van der Waals surface area contributed by atoms with Crippen molar-refractivity contribution >= 4 is 5.91 Å². The van der Waals surface area contributed by atoms with Crippen LogP contribution < -0.4 is 4.74 Å². The van der Waals surface area contributed by atoms with Crippen LogP contribution in [0.5, 0.6) is 5.75 Å². The van der Waals surface area contributed by atoms with Gasteiger partial charge >= 0.3 is 0 Å². The summed E-state index contributed by atoms with van der Waals surface area (Å²) in [7, 11) is 0. The van der Waals surface area contributed by atoms with Crippen molar-refractivity contribution in [3.05, 3.63) is 46.3 Å². The predicted molar refractivity (Wildman–Crippen MR) is 102 cm³/mol. The highest BCUT2D eigenvalue weighted by atomic mass is 16.5. The summed E-state index contributed by atoms with van der Waals surface area (Å²) in [4.78, 5) is 14.7. The quantitative estimate of drug-likeness (QED) is 0.872. The summed E-state index contributed by atoms with van der Waals surface area (Å²) in [5.74, 6) is 1.13. The molecule has 1 aliphatic heterocycles. The molecule has 0 saturated carbocycles. The van der Waals surface area contributed by atoms with Crippen LogP contribution in [-0.2, 0) is 6.42 Å². The van der Waals surface area contributed by atoms with E-state index in [4.69, 9.17) is 9.26 Å². The molecule has 0 bridgehead atoms. The molecule has 0 aliphatic carbocycles. The lowest BCUT2D eigenvalue weighted by molar-refractivity contribution is -0.0532. The van der Waals surface area contributed by atoms with Gasteiger partial charge in [-0.25, -0.2) is 0 Å². The van der Waals surface area contributed by atoms with E-state index < -0.39 is 5.60 Å². The zero-order valence-corrected chi connectivity index (χ0v) is 16.5. The standard InChI is InChI=1S/C21H28N2O4/c1-5-18-19(16(4)27-22-18)20(24)23-10-6-9-21(25,12-23)13-26-17-8-7-14(2)15(3)11-17/h7-8,11,25H,5-6,9-10,12-13H2,1-4H3. The third-order valence-electron chi connectivity index (χ3n) is 5.31. The molecule has 2 heterocycles. The summed E-state index contributed by atoms with van der Waals surface area (Å²) < 4.78 is 11.0. The summed E-state index contributed by atoms with van der Waals surface area (Å²) in [6.07, 6.45) is 1.96. The number of amides is 1. The number of hydrogen-bond donors (Lipinski definition) is 1. The number of rotatable bonds is 5. The lowest BCUT2D eigenvalue weighted by Crippen LogP contribution is -2.53. The lowest BCUT2D eigenvalue weighted by Gasteiger charge is -2.39. The molecule has 2 aromatic rings. The third kappa shape index (κ3) is 4.16. The molecule has 1 N–H and O–H groups in total. The molecule has 1 saturated heterocycles. The van der Waals surface area contributed by atoms with E-state index in [2.05, 4.69) is 12.1 Å². The highest BCUT2D eigenvalue weighted by Crippen LogP contribution is 2.26. The maximum Gasteiger partial charge on any atom is 0.259 e. The van der Waals surface area contributed by atoms with E-state index in [0.29, 0.717) is 36.4 Å². The molecule has 1 unspecified atom stereocenters. The molecule has 6 heteroatoms. The van der Waals surface area contributed by atoms with Crippen molar-refractivity contribution in [2.75, 3.05) is 19.7 Å². The molecule has 1 aromatic heterocycles. The highest BCUT2D eigenvalue weighted by molar-refractivity contribution is 5.96. The molecule has 0 spiro atoms. The van der Waals surface area contributed by atoms with Crippen LogP contribution >= 0.6 is 0 Å². The van der Waals surface area contributed by atoms with Gasteiger partial charge in [0.05, 0.1) is 12.2 Å². The first-order valence-electron chi connectivity index (χ1n) is 9.50. The van der Waals surface area contributed by atoms with Gasteiger partial charge in [0.15, 0.2) is 0 Å². The van der Waals surface area contributed by atoms with E-state index in [-0.39, 0.29) is 19.1 Å². The van der Waals surface area contributed by atoms with Gasteiger partial charge in [0.25, 0.3) is 5.91 Å². The second-order valence-corrected chi connectivity index (χ2v) is 7.50. The molecule has 27 heavy (non-hydrogen) atoms. The summed E-state index contributed by atoms with van der Waals surface area (Å²) >= 11 is 0. The van der Waals surface area contributed by atoms with Crippen molar-refractivity contribution in [3.63, 3.8) is 0 Å². The number of hydrogen-bond acceptors (Lipinski definition) is 5. The summed E-state index contributed by atoms with van der Waals surface area (Å²) in [6, 6.07) is 5.89. The molecule has 3 rings (SSSR count).